The monoisotopic (exact) mass is 1010 g/mol. The van der Waals surface area contributed by atoms with Crippen LogP contribution in [0.25, 0.3) is 17.4 Å². The fourth-order valence-corrected chi connectivity index (χ4v) is 9.76. The molecule has 1 aromatic carbocycles. The Morgan fingerprint density at radius 2 is 1.49 bits per heavy atom. The van der Waals surface area contributed by atoms with Crippen molar-refractivity contribution in [3.63, 3.8) is 0 Å². The Bertz CT molecular complexity index is 2580. The van der Waals surface area contributed by atoms with Crippen molar-refractivity contribution in [1.82, 2.24) is 4.58 Å². The molecule has 380 valence electrons. The van der Waals surface area contributed by atoms with E-state index in [-0.39, 0.29) is 41.7 Å². The van der Waals surface area contributed by atoms with Crippen LogP contribution in [-0.4, -0.2) is 137 Å². The summed E-state index contributed by atoms with van der Waals surface area (Å²) < 4.78 is 127. The number of carbonyl (C=O) groups is 1. The predicted molar refractivity (Wildman–Crippen MR) is 259 cm³/mol. The summed E-state index contributed by atoms with van der Waals surface area (Å²) in [7, 11) is -9.92. The van der Waals surface area contributed by atoms with Crippen LogP contribution in [0.3, 0.4) is 0 Å². The Morgan fingerprint density at radius 3 is 2.10 bits per heavy atom. The van der Waals surface area contributed by atoms with Crippen LogP contribution < -0.4 is 14.8 Å². The number of allylic oxidation sites excluding steroid dienone is 3. The van der Waals surface area contributed by atoms with E-state index in [0.717, 1.165) is 29.3 Å². The molecule has 2 aliphatic heterocycles. The Hall–Kier alpha value is -4.03. The van der Waals surface area contributed by atoms with Gasteiger partial charge in [0.2, 0.25) is 5.36 Å². The summed E-state index contributed by atoms with van der Waals surface area (Å²) in [6, 6.07) is 12.1. The molecular weight excluding hydrogens is 945 g/mol. The molecule has 1 atom stereocenters. The zero-order valence-corrected chi connectivity index (χ0v) is 42.4. The highest BCUT2D eigenvalue weighted by Gasteiger charge is 2.43. The molecule has 0 amide bonds. The quantitative estimate of drug-likeness (QED) is 0.0311. The smallest absolute Gasteiger partial charge is 0.303 e. The second-order valence-electron chi connectivity index (χ2n) is 17.7. The molecule has 21 heteroatoms. The second-order valence-corrected chi connectivity index (χ2v) is 22.6. The predicted octanol–water partition coefficient (Wildman–Crippen LogP) is 5.75. The number of hydrogen-bond donors (Lipinski definition) is 3. The number of anilines is 1. The zero-order valence-electron chi connectivity index (χ0n) is 40.0. The Kier molecular flexibility index (Phi) is 21.4. The van der Waals surface area contributed by atoms with Crippen LogP contribution >= 0.6 is 0 Å². The van der Waals surface area contributed by atoms with Crippen LogP contribution in [0, 0.1) is 0 Å². The van der Waals surface area contributed by atoms with Crippen LogP contribution in [0.2, 0.25) is 0 Å². The number of rotatable bonds is 30. The van der Waals surface area contributed by atoms with Gasteiger partial charge in [0.25, 0.3) is 30.4 Å². The van der Waals surface area contributed by atoms with E-state index in [9.17, 15) is 44.3 Å². The number of carboxylic acids is 1. The first-order chi connectivity index (χ1) is 32.0. The fourth-order valence-electron chi connectivity index (χ4n) is 8.10. The van der Waals surface area contributed by atoms with Gasteiger partial charge in [-0.1, -0.05) is 33.3 Å². The van der Waals surface area contributed by atoms with E-state index in [1.54, 1.807) is 19.3 Å². The van der Waals surface area contributed by atoms with Gasteiger partial charge in [-0.25, -0.2) is 4.58 Å². The Morgan fingerprint density at radius 1 is 0.809 bits per heavy atom. The van der Waals surface area contributed by atoms with E-state index >= 15 is 0 Å². The van der Waals surface area contributed by atoms with Gasteiger partial charge in [0, 0.05) is 54.9 Å². The third kappa shape index (κ3) is 17.4. The van der Waals surface area contributed by atoms with E-state index in [0.29, 0.717) is 108 Å². The van der Waals surface area contributed by atoms with Crippen LogP contribution in [0.15, 0.2) is 69.6 Å². The minimum absolute atomic E-state index is 0.0165. The highest BCUT2D eigenvalue weighted by molar-refractivity contribution is 7.86. The maximum Gasteiger partial charge on any atom is 0.303 e. The number of ether oxygens (including phenoxy) is 4. The SMILES string of the molecule is COCCOCCOCCOCC[N+](CCCS(=O)(=O)O)=c1ccc2c(C(C)(C)C)cc(C=CC=C3N(CCCCCC(=O)O)c4ccc(S(=O)(=O)O)cc4C3(C)CCCS(=O)(=O)OC)oc-2c1. The van der Waals surface area contributed by atoms with Crippen LogP contribution in [0.1, 0.15) is 89.5 Å². The Balaban J connectivity index is 1.76. The largest absolute Gasteiger partial charge is 0.481 e. The Labute approximate surface area is 401 Å². The molecule has 1 aliphatic carbocycles. The molecule has 3 aliphatic rings. The molecule has 1 unspecified atom stereocenters. The van der Waals surface area contributed by atoms with E-state index in [1.807, 2.05) is 52.8 Å². The van der Waals surface area contributed by atoms with Gasteiger partial charge in [-0.3, -0.25) is 18.1 Å². The highest BCUT2D eigenvalue weighted by Crippen LogP contribution is 2.51. The van der Waals surface area contributed by atoms with Gasteiger partial charge < -0.3 is 33.4 Å². The molecular formula is C47H69N2O16S3+. The van der Waals surface area contributed by atoms with Crippen molar-refractivity contribution in [3.8, 4) is 11.3 Å². The maximum atomic E-state index is 12.4. The van der Waals surface area contributed by atoms with Crippen molar-refractivity contribution < 1.29 is 71.8 Å². The molecule has 0 aromatic heterocycles. The van der Waals surface area contributed by atoms with Crippen LogP contribution in [0.4, 0.5) is 5.69 Å². The topological polar surface area (TPSA) is 246 Å². The highest BCUT2D eigenvalue weighted by atomic mass is 32.2. The molecule has 0 saturated carbocycles. The molecule has 4 rings (SSSR count). The number of fused-ring (bicyclic) bond motifs is 2. The summed E-state index contributed by atoms with van der Waals surface area (Å²) in [5.41, 5.74) is 2.53. The number of nitrogens with zero attached hydrogens (tertiary/aromatic N) is 2. The molecule has 0 fully saturated rings. The number of unbranched alkanes of at least 4 members (excludes halogenated alkanes) is 2. The van der Waals surface area contributed by atoms with Crippen LogP contribution in [-0.2, 0) is 69.1 Å². The van der Waals surface area contributed by atoms with Crippen molar-refractivity contribution in [2.45, 2.75) is 88.4 Å². The lowest BCUT2D eigenvalue weighted by Gasteiger charge is -2.30. The molecule has 3 N–H and O–H groups in total. The second kappa shape index (κ2) is 25.7. The number of benzene rings is 2. The molecule has 18 nitrogen and oxygen atoms in total. The van der Waals surface area contributed by atoms with Crippen molar-refractivity contribution in [2.24, 2.45) is 0 Å². The van der Waals surface area contributed by atoms with Gasteiger partial charge in [-0.15, -0.1) is 0 Å². The van der Waals surface area contributed by atoms with E-state index in [1.165, 1.54) is 12.1 Å². The maximum absolute atomic E-state index is 12.4. The van der Waals surface area contributed by atoms with Gasteiger partial charge in [0.15, 0.2) is 6.54 Å². The lowest BCUT2D eigenvalue weighted by Crippen LogP contribution is -2.35. The van der Waals surface area contributed by atoms with Gasteiger partial charge in [0.1, 0.15) is 24.7 Å². The number of methoxy groups -OCH3 is 1. The lowest BCUT2D eigenvalue weighted by atomic mass is 9.77. The van der Waals surface area contributed by atoms with Gasteiger partial charge in [-0.05, 0) is 91.6 Å². The van der Waals surface area contributed by atoms with Crippen LogP contribution in [0.5, 0.6) is 0 Å². The first-order valence-corrected chi connectivity index (χ1v) is 27.2. The fraction of sp³-hybridized carbons (Fsp3) is 0.574. The molecule has 0 radical (unpaired) electrons. The van der Waals surface area contributed by atoms with Gasteiger partial charge in [-0.2, -0.15) is 25.3 Å². The molecule has 0 bridgehead atoms. The number of hydrogen-bond acceptors (Lipinski definition) is 14. The average Bonchev–Trinajstić information content (AvgIpc) is 3.48. The first kappa shape index (κ1) is 56.6. The average molecular weight is 1010 g/mol. The molecule has 1 aromatic rings. The number of carboxylic acid groups (broad SMARTS) is 1. The molecule has 0 spiro atoms. The summed E-state index contributed by atoms with van der Waals surface area (Å²) in [6.07, 6.45) is 7.74. The van der Waals surface area contributed by atoms with Crippen molar-refractivity contribution in [3.05, 3.63) is 82.6 Å². The van der Waals surface area contributed by atoms with E-state index in [2.05, 4.69) is 20.8 Å². The molecule has 0 saturated heterocycles. The normalized spacial score (nSPS) is 16.9. The van der Waals surface area contributed by atoms with Gasteiger partial charge in [0.05, 0.1) is 69.2 Å². The summed E-state index contributed by atoms with van der Waals surface area (Å²) in [4.78, 5) is 13.0. The minimum atomic E-state index is -4.60. The zero-order chi connectivity index (χ0) is 50.2. The lowest BCUT2D eigenvalue weighted by molar-refractivity contribution is -0.137. The number of aliphatic carboxylic acids is 1. The minimum Gasteiger partial charge on any atom is -0.481 e. The summed E-state index contributed by atoms with van der Waals surface area (Å²) in [6.45, 7) is 12.1. The molecule has 2 heterocycles. The van der Waals surface area contributed by atoms with Crippen molar-refractivity contribution in [2.75, 3.05) is 96.5 Å². The van der Waals surface area contributed by atoms with Crippen molar-refractivity contribution >= 4 is 48.1 Å². The summed E-state index contributed by atoms with van der Waals surface area (Å²) in [5, 5.41) is 9.95. The summed E-state index contributed by atoms with van der Waals surface area (Å²) in [5.74, 6) is -0.538. The van der Waals surface area contributed by atoms with Gasteiger partial charge >= 0.3 is 5.97 Å². The third-order valence-corrected chi connectivity index (χ3v) is 14.5. The van der Waals surface area contributed by atoms with Crippen molar-refractivity contribution in [1.29, 1.82) is 0 Å². The van der Waals surface area contributed by atoms with E-state index in [4.69, 9.17) is 27.5 Å². The summed E-state index contributed by atoms with van der Waals surface area (Å²) >= 11 is 0. The third-order valence-electron chi connectivity index (χ3n) is 11.6. The first-order valence-electron chi connectivity index (χ1n) is 22.6. The standard InChI is InChI=1S/C47H68N2O16S3/c1-46(2,3)40-34-37(65-43-33-36(16-18-39(40)43)48(21-12-31-66(52,53)54)23-24-62-27-28-64-30-29-63-26-25-60-5)13-10-14-44-47(4,20-11-32-67(55,56)61-6)41-35-38(68(57,58)59)17-19-42(41)49(44)22-9-7-8-15-45(50)51/h10,13-14,16-19,33-35H,7-9,11-12,15,20-32H2,1-6H3,(H2-,50,51,52,53,54,57,58,59)/p+1. The van der Waals surface area contributed by atoms with E-state index < -0.39 is 47.5 Å². The molecule has 68 heavy (non-hydrogen) atoms.